The van der Waals surface area contributed by atoms with Gasteiger partial charge < -0.3 is 4.90 Å². The van der Waals surface area contributed by atoms with Gasteiger partial charge in [0, 0.05) is 29.9 Å². The number of hydrogen-bond acceptors (Lipinski definition) is 3. The van der Waals surface area contributed by atoms with Crippen molar-refractivity contribution in [1.82, 2.24) is 14.8 Å². The van der Waals surface area contributed by atoms with Crippen molar-refractivity contribution in [3.05, 3.63) is 107 Å². The molecule has 0 spiro atoms. The smallest absolute Gasteiger partial charge is 0.165 e. The molecule has 0 radical (unpaired) electrons. The number of halogens is 1. The summed E-state index contributed by atoms with van der Waals surface area (Å²) in [6.45, 7) is 1.84. The Bertz CT molecular complexity index is 1390. The summed E-state index contributed by atoms with van der Waals surface area (Å²) in [5.41, 5.74) is 7.66. The maximum atomic E-state index is 6.18. The molecule has 0 N–H and O–H groups in total. The molecule has 3 aromatic carbocycles. The third-order valence-electron chi connectivity index (χ3n) is 6.05. The number of hydrogen-bond donors (Lipinski definition) is 0. The van der Waals surface area contributed by atoms with E-state index in [1.54, 1.807) is 0 Å². The van der Waals surface area contributed by atoms with Crippen molar-refractivity contribution < 1.29 is 0 Å². The second-order valence-electron chi connectivity index (χ2n) is 8.09. The van der Waals surface area contributed by atoms with E-state index in [-0.39, 0.29) is 0 Å². The van der Waals surface area contributed by atoms with E-state index < -0.39 is 0 Å². The Morgan fingerprint density at radius 1 is 0.844 bits per heavy atom. The van der Waals surface area contributed by atoms with Crippen LogP contribution in [0.4, 0.5) is 5.69 Å². The molecule has 1 aliphatic heterocycles. The van der Waals surface area contributed by atoms with Crippen LogP contribution in [0.15, 0.2) is 91.1 Å². The first-order valence-electron chi connectivity index (χ1n) is 10.8. The van der Waals surface area contributed by atoms with Crippen LogP contribution < -0.4 is 4.90 Å². The molecule has 5 aromatic rings. The Morgan fingerprint density at radius 3 is 2.31 bits per heavy atom. The molecule has 0 atom stereocenters. The summed E-state index contributed by atoms with van der Waals surface area (Å²) in [7, 11) is 0. The lowest BCUT2D eigenvalue weighted by atomic mass is 10.1. The summed E-state index contributed by atoms with van der Waals surface area (Å²) < 4.78 is 1.96. The lowest BCUT2D eigenvalue weighted by Gasteiger charge is -2.20. The molecule has 0 unspecified atom stereocenters. The maximum absolute atomic E-state index is 6.18. The third-order valence-corrected chi connectivity index (χ3v) is 6.30. The van der Waals surface area contributed by atoms with Crippen LogP contribution in [0, 0.1) is 0 Å². The Labute approximate surface area is 191 Å². The average Bonchev–Trinajstić information content (AvgIpc) is 3.42. The molecule has 0 saturated carbocycles. The predicted octanol–water partition coefficient (Wildman–Crippen LogP) is 6.30. The highest BCUT2D eigenvalue weighted by molar-refractivity contribution is 6.30. The Kier molecular flexibility index (Phi) is 4.66. The van der Waals surface area contributed by atoms with Gasteiger partial charge in [-0.05, 0) is 41.8 Å². The van der Waals surface area contributed by atoms with Gasteiger partial charge in [-0.25, -0.2) is 9.67 Å². The highest BCUT2D eigenvalue weighted by Gasteiger charge is 2.27. The van der Waals surface area contributed by atoms with Crippen LogP contribution in [-0.4, -0.2) is 21.3 Å². The third kappa shape index (κ3) is 3.24. The van der Waals surface area contributed by atoms with Gasteiger partial charge in [0.15, 0.2) is 5.65 Å². The lowest BCUT2D eigenvalue weighted by Crippen LogP contribution is -2.19. The van der Waals surface area contributed by atoms with Crippen molar-refractivity contribution in [3.8, 4) is 16.9 Å². The fourth-order valence-electron chi connectivity index (χ4n) is 4.54. The SMILES string of the molecule is Clc1ccc(-c2nn(-c3ccccc3)c3ncc4c(c23)N(Cc2ccccc2)CC4)cc1. The van der Waals surface area contributed by atoms with E-state index in [1.165, 1.54) is 16.8 Å². The van der Waals surface area contributed by atoms with Crippen molar-refractivity contribution in [1.29, 1.82) is 0 Å². The number of anilines is 1. The van der Waals surface area contributed by atoms with E-state index in [0.29, 0.717) is 0 Å². The Morgan fingerprint density at radius 2 is 1.56 bits per heavy atom. The number of nitrogens with zero attached hydrogens (tertiary/aromatic N) is 4. The van der Waals surface area contributed by atoms with Crippen LogP contribution >= 0.6 is 11.6 Å². The van der Waals surface area contributed by atoms with Crippen LogP contribution in [0.2, 0.25) is 5.02 Å². The van der Waals surface area contributed by atoms with Gasteiger partial charge in [-0.3, -0.25) is 0 Å². The van der Waals surface area contributed by atoms with Gasteiger partial charge in [0.25, 0.3) is 0 Å². The zero-order valence-corrected chi connectivity index (χ0v) is 18.2. The summed E-state index contributed by atoms with van der Waals surface area (Å²) >= 11 is 6.18. The zero-order valence-electron chi connectivity index (χ0n) is 17.4. The normalized spacial score (nSPS) is 13.0. The van der Waals surface area contributed by atoms with E-state index in [0.717, 1.165) is 52.5 Å². The first-order valence-corrected chi connectivity index (χ1v) is 11.2. The molecule has 0 fully saturated rings. The number of para-hydroxylation sites is 1. The van der Waals surface area contributed by atoms with Crippen molar-refractivity contribution in [2.45, 2.75) is 13.0 Å². The molecule has 2 aromatic heterocycles. The van der Waals surface area contributed by atoms with Gasteiger partial charge in [0.1, 0.15) is 5.69 Å². The van der Waals surface area contributed by atoms with Crippen molar-refractivity contribution in [2.75, 3.05) is 11.4 Å². The highest BCUT2D eigenvalue weighted by Crippen LogP contribution is 2.41. The number of rotatable bonds is 4. The molecule has 0 saturated heterocycles. The second-order valence-corrected chi connectivity index (χ2v) is 8.53. The Balaban J connectivity index is 1.59. The number of benzene rings is 3. The lowest BCUT2D eigenvalue weighted by molar-refractivity contribution is 0.838. The van der Waals surface area contributed by atoms with Crippen molar-refractivity contribution in [3.63, 3.8) is 0 Å². The standard InChI is InChI=1S/C27H21ClN4/c28-22-13-11-20(12-14-22)25-24-26-21(15-16-31(26)18-19-7-3-1-4-8-19)17-29-27(24)32(30-25)23-9-5-2-6-10-23/h1-14,17H,15-16,18H2. The molecule has 3 heterocycles. The maximum Gasteiger partial charge on any atom is 0.165 e. The summed E-state index contributed by atoms with van der Waals surface area (Å²) in [6, 6.07) is 28.7. The van der Waals surface area contributed by atoms with Gasteiger partial charge in [-0.15, -0.1) is 0 Å². The molecule has 156 valence electrons. The molecule has 32 heavy (non-hydrogen) atoms. The first kappa shape index (κ1) is 19.1. The predicted molar refractivity (Wildman–Crippen MR) is 131 cm³/mol. The summed E-state index contributed by atoms with van der Waals surface area (Å²) in [5.74, 6) is 0. The van der Waals surface area contributed by atoms with Crippen LogP contribution in [-0.2, 0) is 13.0 Å². The molecule has 5 heteroatoms. The monoisotopic (exact) mass is 436 g/mol. The molecule has 0 aliphatic carbocycles. The summed E-state index contributed by atoms with van der Waals surface area (Å²) in [4.78, 5) is 7.35. The Hall–Kier alpha value is -3.63. The minimum atomic E-state index is 0.717. The average molecular weight is 437 g/mol. The fraction of sp³-hybridized carbons (Fsp3) is 0.111. The van der Waals surface area contributed by atoms with Crippen LogP contribution in [0.5, 0.6) is 0 Å². The van der Waals surface area contributed by atoms with Crippen LogP contribution in [0.25, 0.3) is 28.0 Å². The van der Waals surface area contributed by atoms with Gasteiger partial charge in [0.05, 0.1) is 16.8 Å². The van der Waals surface area contributed by atoms with E-state index >= 15 is 0 Å². The van der Waals surface area contributed by atoms with E-state index in [1.807, 2.05) is 53.3 Å². The number of fused-ring (bicyclic) bond motifs is 3. The molecular weight excluding hydrogens is 416 g/mol. The molecule has 6 rings (SSSR count). The van der Waals surface area contributed by atoms with E-state index in [2.05, 4.69) is 47.4 Å². The van der Waals surface area contributed by atoms with E-state index in [4.69, 9.17) is 21.7 Å². The van der Waals surface area contributed by atoms with Gasteiger partial charge in [-0.2, -0.15) is 5.10 Å². The first-order chi connectivity index (χ1) is 15.8. The molecule has 1 aliphatic rings. The van der Waals surface area contributed by atoms with Crippen LogP contribution in [0.1, 0.15) is 11.1 Å². The number of aromatic nitrogens is 3. The largest absolute Gasteiger partial charge is 0.366 e. The van der Waals surface area contributed by atoms with E-state index in [9.17, 15) is 0 Å². The minimum absolute atomic E-state index is 0.717. The number of pyridine rings is 1. The highest BCUT2D eigenvalue weighted by atomic mass is 35.5. The molecule has 0 bridgehead atoms. The second kappa shape index (κ2) is 7.81. The van der Waals surface area contributed by atoms with Gasteiger partial charge >= 0.3 is 0 Å². The zero-order chi connectivity index (χ0) is 21.5. The minimum Gasteiger partial charge on any atom is -0.366 e. The molecular formula is C27H21ClN4. The quantitative estimate of drug-likeness (QED) is 0.331. The summed E-state index contributed by atoms with van der Waals surface area (Å²) in [6.07, 6.45) is 3.01. The van der Waals surface area contributed by atoms with Crippen molar-refractivity contribution in [2.24, 2.45) is 0 Å². The molecule has 4 nitrogen and oxygen atoms in total. The summed E-state index contributed by atoms with van der Waals surface area (Å²) in [5, 5.41) is 6.88. The van der Waals surface area contributed by atoms with Crippen molar-refractivity contribution >= 4 is 28.3 Å². The van der Waals surface area contributed by atoms with Gasteiger partial charge in [0.2, 0.25) is 0 Å². The topological polar surface area (TPSA) is 34.0 Å². The molecule has 0 amide bonds. The fourth-order valence-corrected chi connectivity index (χ4v) is 4.67. The van der Waals surface area contributed by atoms with Gasteiger partial charge in [-0.1, -0.05) is 72.3 Å². The van der Waals surface area contributed by atoms with Crippen LogP contribution in [0.3, 0.4) is 0 Å².